The van der Waals surface area contributed by atoms with E-state index in [4.69, 9.17) is 4.74 Å². The molecule has 0 spiro atoms. The minimum Gasteiger partial charge on any atom is -0.484 e. The summed E-state index contributed by atoms with van der Waals surface area (Å²) in [5.74, 6) is 0.0827. The number of ether oxygens (including phenoxy) is 1. The standard InChI is InChI=1S/C18H19N3O6S/c22-18(14-27-16-8-6-15(7-9-16)21(23)24)19-10-12-20(13-11-19)28(25,26)17-4-2-1-3-5-17/h1-9H,10-14H2. The molecule has 3 rings (SSSR count). The number of nitro groups is 1. The Bertz CT molecular complexity index is 939. The zero-order chi connectivity index (χ0) is 20.1. The van der Waals surface area contributed by atoms with E-state index in [0.29, 0.717) is 5.75 Å². The number of nitro benzene ring substituents is 1. The lowest BCUT2D eigenvalue weighted by atomic mass is 10.3. The normalized spacial score (nSPS) is 15.2. The Morgan fingerprint density at radius 2 is 1.61 bits per heavy atom. The van der Waals surface area contributed by atoms with E-state index in [9.17, 15) is 23.3 Å². The number of carbonyl (C=O) groups is 1. The lowest BCUT2D eigenvalue weighted by Gasteiger charge is -2.33. The van der Waals surface area contributed by atoms with Crippen LogP contribution in [0.3, 0.4) is 0 Å². The molecule has 0 aliphatic carbocycles. The molecule has 1 saturated heterocycles. The molecule has 0 radical (unpaired) electrons. The molecule has 28 heavy (non-hydrogen) atoms. The molecular weight excluding hydrogens is 386 g/mol. The highest BCUT2D eigenvalue weighted by Crippen LogP contribution is 2.19. The van der Waals surface area contributed by atoms with Gasteiger partial charge in [0.1, 0.15) is 5.75 Å². The van der Waals surface area contributed by atoms with Crippen molar-refractivity contribution < 1.29 is 22.9 Å². The first-order chi connectivity index (χ1) is 13.4. The molecule has 0 unspecified atom stereocenters. The molecule has 1 aliphatic rings. The smallest absolute Gasteiger partial charge is 0.269 e. The van der Waals surface area contributed by atoms with Gasteiger partial charge in [-0.2, -0.15) is 4.31 Å². The van der Waals surface area contributed by atoms with Crippen LogP contribution in [0.1, 0.15) is 0 Å². The Hall–Kier alpha value is -2.98. The van der Waals surface area contributed by atoms with Gasteiger partial charge in [-0.05, 0) is 24.3 Å². The van der Waals surface area contributed by atoms with E-state index in [1.807, 2.05) is 0 Å². The van der Waals surface area contributed by atoms with Crippen LogP contribution in [0.15, 0.2) is 59.5 Å². The van der Waals surface area contributed by atoms with Crippen molar-refractivity contribution in [3.05, 3.63) is 64.7 Å². The second-order valence-electron chi connectivity index (χ2n) is 6.14. The van der Waals surface area contributed by atoms with Crippen LogP contribution in [0.4, 0.5) is 5.69 Å². The number of rotatable bonds is 6. The maximum absolute atomic E-state index is 12.6. The molecule has 0 aromatic heterocycles. The molecule has 1 heterocycles. The number of sulfonamides is 1. The molecule has 0 N–H and O–H groups in total. The maximum Gasteiger partial charge on any atom is 0.269 e. The zero-order valence-electron chi connectivity index (χ0n) is 14.9. The van der Waals surface area contributed by atoms with Crippen molar-refractivity contribution in [2.24, 2.45) is 0 Å². The zero-order valence-corrected chi connectivity index (χ0v) is 15.7. The molecule has 1 aliphatic heterocycles. The van der Waals surface area contributed by atoms with Crippen molar-refractivity contribution >= 4 is 21.6 Å². The van der Waals surface area contributed by atoms with Crippen molar-refractivity contribution in [1.29, 1.82) is 0 Å². The van der Waals surface area contributed by atoms with Gasteiger partial charge in [-0.3, -0.25) is 14.9 Å². The van der Waals surface area contributed by atoms with Crippen molar-refractivity contribution in [2.45, 2.75) is 4.90 Å². The van der Waals surface area contributed by atoms with E-state index in [2.05, 4.69) is 0 Å². The molecule has 10 heteroatoms. The van der Waals surface area contributed by atoms with Crippen LogP contribution in [0.5, 0.6) is 5.75 Å². The van der Waals surface area contributed by atoms with E-state index in [1.165, 1.54) is 28.6 Å². The van der Waals surface area contributed by atoms with Crippen molar-refractivity contribution in [1.82, 2.24) is 9.21 Å². The summed E-state index contributed by atoms with van der Waals surface area (Å²) >= 11 is 0. The topological polar surface area (TPSA) is 110 Å². The fourth-order valence-electron chi connectivity index (χ4n) is 2.82. The number of benzene rings is 2. The highest BCUT2D eigenvalue weighted by atomic mass is 32.2. The molecule has 0 saturated carbocycles. The van der Waals surface area contributed by atoms with E-state index >= 15 is 0 Å². The van der Waals surface area contributed by atoms with Crippen LogP contribution < -0.4 is 4.74 Å². The van der Waals surface area contributed by atoms with E-state index in [1.54, 1.807) is 35.2 Å². The highest BCUT2D eigenvalue weighted by molar-refractivity contribution is 7.89. The van der Waals surface area contributed by atoms with Crippen molar-refractivity contribution in [3.8, 4) is 5.75 Å². The van der Waals surface area contributed by atoms with Crippen LogP contribution in [0.2, 0.25) is 0 Å². The third kappa shape index (κ3) is 4.46. The van der Waals surface area contributed by atoms with Gasteiger partial charge >= 0.3 is 0 Å². The number of piperazine rings is 1. The predicted molar refractivity (Wildman–Crippen MR) is 100 cm³/mol. The van der Waals surface area contributed by atoms with E-state index in [-0.39, 0.29) is 49.3 Å². The monoisotopic (exact) mass is 405 g/mol. The Morgan fingerprint density at radius 3 is 2.18 bits per heavy atom. The number of hydrogen-bond acceptors (Lipinski definition) is 6. The number of non-ortho nitro benzene ring substituents is 1. The molecule has 0 atom stereocenters. The SMILES string of the molecule is O=C(COc1ccc([N+](=O)[O-])cc1)N1CCN(S(=O)(=O)c2ccccc2)CC1. The molecule has 2 aromatic carbocycles. The maximum atomic E-state index is 12.6. The quantitative estimate of drug-likeness (QED) is 0.532. The molecule has 9 nitrogen and oxygen atoms in total. The molecule has 1 fully saturated rings. The minimum atomic E-state index is -3.57. The molecule has 1 amide bonds. The lowest BCUT2D eigenvalue weighted by Crippen LogP contribution is -2.51. The second-order valence-corrected chi connectivity index (χ2v) is 8.08. The van der Waals surface area contributed by atoms with Crippen LogP contribution in [0, 0.1) is 10.1 Å². The number of amides is 1. The molecule has 2 aromatic rings. The summed E-state index contributed by atoms with van der Waals surface area (Å²) in [5, 5.41) is 10.6. The Morgan fingerprint density at radius 1 is 1.00 bits per heavy atom. The van der Waals surface area contributed by atoms with Crippen LogP contribution in [-0.4, -0.2) is 61.2 Å². The van der Waals surface area contributed by atoms with Gasteiger partial charge in [0.25, 0.3) is 11.6 Å². The van der Waals surface area contributed by atoms with Crippen molar-refractivity contribution in [3.63, 3.8) is 0 Å². The van der Waals surface area contributed by atoms with E-state index < -0.39 is 14.9 Å². The summed E-state index contributed by atoms with van der Waals surface area (Å²) in [7, 11) is -3.57. The van der Waals surface area contributed by atoms with Gasteiger partial charge in [0.05, 0.1) is 9.82 Å². The number of hydrogen-bond donors (Lipinski definition) is 0. The molecule has 0 bridgehead atoms. The Kier molecular flexibility index (Phi) is 5.90. The summed E-state index contributed by atoms with van der Waals surface area (Å²) in [5.41, 5.74) is -0.0607. The first kappa shape index (κ1) is 19.8. The average molecular weight is 405 g/mol. The highest BCUT2D eigenvalue weighted by Gasteiger charge is 2.30. The summed E-state index contributed by atoms with van der Waals surface area (Å²) in [6.45, 7) is 0.743. The number of nitrogens with zero attached hydrogens (tertiary/aromatic N) is 3. The van der Waals surface area contributed by atoms with Gasteiger partial charge in [-0.15, -0.1) is 0 Å². The van der Waals surface area contributed by atoms with Crippen molar-refractivity contribution in [2.75, 3.05) is 32.8 Å². The summed E-state index contributed by atoms with van der Waals surface area (Å²) in [4.78, 5) is 24.2. The van der Waals surface area contributed by atoms with Gasteiger partial charge in [-0.1, -0.05) is 18.2 Å². The lowest BCUT2D eigenvalue weighted by molar-refractivity contribution is -0.384. The van der Waals surface area contributed by atoms with Gasteiger partial charge in [0.2, 0.25) is 10.0 Å². The summed E-state index contributed by atoms with van der Waals surface area (Å²) < 4.78 is 31.9. The first-order valence-electron chi connectivity index (χ1n) is 8.58. The number of carbonyl (C=O) groups excluding carboxylic acids is 1. The predicted octanol–water partition coefficient (Wildman–Crippen LogP) is 1.51. The van der Waals surface area contributed by atoms with Gasteiger partial charge in [-0.25, -0.2) is 8.42 Å². The largest absolute Gasteiger partial charge is 0.484 e. The summed E-state index contributed by atoms with van der Waals surface area (Å²) in [6, 6.07) is 13.6. The van der Waals surface area contributed by atoms with Gasteiger partial charge < -0.3 is 9.64 Å². The average Bonchev–Trinajstić information content (AvgIpc) is 2.73. The molecular formula is C18H19N3O6S. The van der Waals surface area contributed by atoms with Gasteiger partial charge in [0, 0.05) is 38.3 Å². The van der Waals surface area contributed by atoms with Crippen LogP contribution in [-0.2, 0) is 14.8 Å². The first-order valence-corrected chi connectivity index (χ1v) is 10.0. The van der Waals surface area contributed by atoms with E-state index in [0.717, 1.165) is 0 Å². The van der Waals surface area contributed by atoms with Gasteiger partial charge in [0.15, 0.2) is 6.61 Å². The minimum absolute atomic E-state index is 0.0607. The fraction of sp³-hybridized carbons (Fsp3) is 0.278. The summed E-state index contributed by atoms with van der Waals surface area (Å²) in [6.07, 6.45) is 0. The fourth-order valence-corrected chi connectivity index (χ4v) is 4.26. The molecule has 148 valence electrons. The third-order valence-electron chi connectivity index (χ3n) is 4.38. The Labute approximate surface area is 162 Å². The van der Waals surface area contributed by atoms with Crippen LogP contribution >= 0.6 is 0 Å². The third-order valence-corrected chi connectivity index (χ3v) is 6.30. The van der Waals surface area contributed by atoms with Crippen LogP contribution in [0.25, 0.3) is 0 Å². The Balaban J connectivity index is 1.52. The second kappa shape index (κ2) is 8.36.